The van der Waals surface area contributed by atoms with E-state index in [2.05, 4.69) is 36.8 Å². The minimum absolute atomic E-state index is 0.159. The molecule has 0 aliphatic rings. The molecule has 1 aromatic carbocycles. The molecule has 2 aromatic rings. The van der Waals surface area contributed by atoms with Crippen LogP contribution in [-0.4, -0.2) is 4.98 Å². The summed E-state index contributed by atoms with van der Waals surface area (Å²) in [5.74, 6) is 0.363. The lowest BCUT2D eigenvalue weighted by Crippen LogP contribution is -2.00. The number of ether oxygens (including phenoxy) is 1. The summed E-state index contributed by atoms with van der Waals surface area (Å²) in [6.07, 6.45) is 1.60. The number of benzene rings is 1. The van der Waals surface area contributed by atoms with E-state index in [9.17, 15) is 4.39 Å². The molecule has 0 aliphatic carbocycles. The van der Waals surface area contributed by atoms with Crippen molar-refractivity contribution in [2.75, 3.05) is 0 Å². The number of halogens is 3. The second kappa shape index (κ2) is 5.77. The summed E-state index contributed by atoms with van der Waals surface area (Å²) in [4.78, 5) is 4.08. The van der Waals surface area contributed by atoms with Crippen LogP contribution in [0.2, 0.25) is 0 Å². The van der Waals surface area contributed by atoms with Crippen molar-refractivity contribution in [2.24, 2.45) is 5.73 Å². The molecule has 0 spiro atoms. The number of nitrogens with two attached hydrogens (primary N) is 1. The number of hydrogen-bond donors (Lipinski definition) is 1. The molecule has 0 bridgehead atoms. The summed E-state index contributed by atoms with van der Waals surface area (Å²) in [6.45, 7) is 0.159. The molecule has 0 radical (unpaired) electrons. The average molecular weight is 376 g/mol. The van der Waals surface area contributed by atoms with Crippen LogP contribution in [0, 0.1) is 5.82 Å². The van der Waals surface area contributed by atoms with E-state index in [0.29, 0.717) is 21.7 Å². The zero-order chi connectivity index (χ0) is 13.1. The highest BCUT2D eigenvalue weighted by Crippen LogP contribution is 2.30. The summed E-state index contributed by atoms with van der Waals surface area (Å²) in [6, 6.07) is 6.34. The van der Waals surface area contributed by atoms with Crippen molar-refractivity contribution in [1.29, 1.82) is 0 Å². The highest BCUT2D eigenvalue weighted by molar-refractivity contribution is 9.11. The third-order valence-corrected chi connectivity index (χ3v) is 3.23. The Morgan fingerprint density at radius 2 is 2.06 bits per heavy atom. The Bertz CT molecular complexity index is 578. The first-order valence-electron chi connectivity index (χ1n) is 5.07. The average Bonchev–Trinajstić information content (AvgIpc) is 2.33. The van der Waals surface area contributed by atoms with Gasteiger partial charge in [-0.05, 0) is 44.0 Å². The van der Waals surface area contributed by atoms with Crippen molar-refractivity contribution < 1.29 is 9.13 Å². The molecule has 0 atom stereocenters. The summed E-state index contributed by atoms with van der Waals surface area (Å²) in [5.41, 5.74) is 5.84. The van der Waals surface area contributed by atoms with Crippen LogP contribution >= 0.6 is 31.9 Å². The fourth-order valence-corrected chi connectivity index (χ4v) is 2.41. The Balaban J connectivity index is 2.26. The molecule has 6 heteroatoms. The van der Waals surface area contributed by atoms with Crippen LogP contribution in [-0.2, 0) is 6.54 Å². The maximum Gasteiger partial charge on any atom is 0.233 e. The van der Waals surface area contributed by atoms with Crippen molar-refractivity contribution in [3.8, 4) is 11.6 Å². The van der Waals surface area contributed by atoms with Crippen molar-refractivity contribution in [3.05, 3.63) is 50.8 Å². The van der Waals surface area contributed by atoms with Crippen molar-refractivity contribution >= 4 is 31.9 Å². The fourth-order valence-electron chi connectivity index (χ4n) is 1.35. The Kier molecular flexibility index (Phi) is 4.31. The Hall–Kier alpha value is -0.980. The first-order valence-corrected chi connectivity index (χ1v) is 6.66. The molecule has 1 aromatic heterocycles. The molecule has 0 saturated heterocycles. The molecule has 18 heavy (non-hydrogen) atoms. The quantitative estimate of drug-likeness (QED) is 0.882. The first kappa shape index (κ1) is 13.5. The van der Waals surface area contributed by atoms with Gasteiger partial charge in [-0.25, -0.2) is 9.37 Å². The number of hydrogen-bond acceptors (Lipinski definition) is 3. The smallest absolute Gasteiger partial charge is 0.233 e. The highest BCUT2D eigenvalue weighted by atomic mass is 79.9. The van der Waals surface area contributed by atoms with Gasteiger partial charge in [-0.2, -0.15) is 0 Å². The lowest BCUT2D eigenvalue weighted by Gasteiger charge is -2.08. The van der Waals surface area contributed by atoms with E-state index in [1.165, 1.54) is 6.07 Å². The van der Waals surface area contributed by atoms with Gasteiger partial charge in [-0.15, -0.1) is 0 Å². The normalized spacial score (nSPS) is 10.4. The second-order valence-corrected chi connectivity index (χ2v) is 5.27. The van der Waals surface area contributed by atoms with Gasteiger partial charge in [0.25, 0.3) is 0 Å². The molecule has 0 unspecified atom stereocenters. The van der Waals surface area contributed by atoms with E-state index in [1.54, 1.807) is 24.4 Å². The number of aromatic nitrogens is 1. The Morgan fingerprint density at radius 1 is 1.28 bits per heavy atom. The van der Waals surface area contributed by atoms with Gasteiger partial charge < -0.3 is 10.5 Å². The van der Waals surface area contributed by atoms with Gasteiger partial charge in [0.1, 0.15) is 11.6 Å². The third kappa shape index (κ3) is 3.07. The summed E-state index contributed by atoms with van der Waals surface area (Å²) in [5, 5.41) is 0. The predicted molar refractivity (Wildman–Crippen MR) is 74.0 cm³/mol. The summed E-state index contributed by atoms with van der Waals surface area (Å²) in [7, 11) is 0. The Labute approximate surface area is 120 Å². The van der Waals surface area contributed by atoms with Gasteiger partial charge in [-0.3, -0.25) is 0 Å². The van der Waals surface area contributed by atoms with Crippen LogP contribution in [0.5, 0.6) is 11.6 Å². The summed E-state index contributed by atoms with van der Waals surface area (Å²) >= 11 is 6.61. The SMILES string of the molecule is NCc1ccc(Oc2ncc(Br)cc2Br)cc1F. The highest BCUT2D eigenvalue weighted by Gasteiger charge is 2.07. The minimum Gasteiger partial charge on any atom is -0.438 e. The maximum absolute atomic E-state index is 13.5. The van der Waals surface area contributed by atoms with Gasteiger partial charge in [0.2, 0.25) is 5.88 Å². The number of pyridine rings is 1. The maximum atomic E-state index is 13.5. The van der Waals surface area contributed by atoms with E-state index in [-0.39, 0.29) is 12.4 Å². The van der Waals surface area contributed by atoms with Crippen LogP contribution in [0.25, 0.3) is 0 Å². The predicted octanol–water partition coefficient (Wildman–Crippen LogP) is 4.00. The van der Waals surface area contributed by atoms with Gasteiger partial charge in [0.05, 0.1) is 4.47 Å². The van der Waals surface area contributed by atoms with Crippen LogP contribution in [0.15, 0.2) is 39.4 Å². The van der Waals surface area contributed by atoms with E-state index in [1.807, 2.05) is 0 Å². The van der Waals surface area contributed by atoms with Crippen LogP contribution in [0.3, 0.4) is 0 Å². The van der Waals surface area contributed by atoms with Gasteiger partial charge >= 0.3 is 0 Å². The summed E-state index contributed by atoms with van der Waals surface area (Å²) < 4.78 is 20.5. The molecule has 0 fully saturated rings. The van der Waals surface area contributed by atoms with Gasteiger partial charge in [-0.1, -0.05) is 6.07 Å². The molecular formula is C12H9Br2FN2O. The molecule has 2 N–H and O–H groups in total. The lowest BCUT2D eigenvalue weighted by molar-refractivity contribution is 0.454. The first-order chi connectivity index (χ1) is 8.60. The minimum atomic E-state index is -0.386. The molecular weight excluding hydrogens is 367 g/mol. The second-order valence-electron chi connectivity index (χ2n) is 3.50. The van der Waals surface area contributed by atoms with E-state index >= 15 is 0 Å². The fraction of sp³-hybridized carbons (Fsp3) is 0.0833. The zero-order valence-corrected chi connectivity index (χ0v) is 12.3. The molecule has 0 saturated carbocycles. The van der Waals surface area contributed by atoms with E-state index < -0.39 is 0 Å². The molecule has 3 nitrogen and oxygen atoms in total. The zero-order valence-electron chi connectivity index (χ0n) is 9.16. The topological polar surface area (TPSA) is 48.1 Å². The van der Waals surface area contributed by atoms with Gasteiger partial charge in [0, 0.05) is 28.8 Å². The van der Waals surface area contributed by atoms with Crippen LogP contribution in [0.1, 0.15) is 5.56 Å². The van der Waals surface area contributed by atoms with Crippen molar-refractivity contribution in [3.63, 3.8) is 0 Å². The van der Waals surface area contributed by atoms with Crippen molar-refractivity contribution in [2.45, 2.75) is 6.54 Å². The lowest BCUT2D eigenvalue weighted by atomic mass is 10.2. The van der Waals surface area contributed by atoms with Crippen LogP contribution in [0.4, 0.5) is 4.39 Å². The van der Waals surface area contributed by atoms with E-state index in [4.69, 9.17) is 10.5 Å². The largest absolute Gasteiger partial charge is 0.438 e. The van der Waals surface area contributed by atoms with Crippen LogP contribution < -0.4 is 10.5 Å². The standard InChI is InChI=1S/C12H9Br2FN2O/c13-8-3-10(14)12(17-6-8)18-9-2-1-7(5-16)11(15)4-9/h1-4,6H,5,16H2. The number of nitrogens with zero attached hydrogens (tertiary/aromatic N) is 1. The molecule has 1 heterocycles. The van der Waals surface area contributed by atoms with E-state index in [0.717, 1.165) is 4.47 Å². The molecule has 0 aliphatic heterocycles. The Morgan fingerprint density at radius 3 is 2.67 bits per heavy atom. The third-order valence-electron chi connectivity index (χ3n) is 2.23. The molecule has 94 valence electrons. The molecule has 0 amide bonds. The van der Waals surface area contributed by atoms with Crippen molar-refractivity contribution in [1.82, 2.24) is 4.98 Å². The monoisotopic (exact) mass is 374 g/mol. The van der Waals surface area contributed by atoms with Gasteiger partial charge in [0.15, 0.2) is 0 Å². The molecule has 2 rings (SSSR count). The number of rotatable bonds is 3.